The number of sulfone groups is 1. The summed E-state index contributed by atoms with van der Waals surface area (Å²) in [7, 11) is -7.02. The summed E-state index contributed by atoms with van der Waals surface area (Å²) in [6, 6.07) is 0.0624. The van der Waals surface area contributed by atoms with Crippen molar-refractivity contribution >= 4 is 19.9 Å². The predicted molar refractivity (Wildman–Crippen MR) is 83.9 cm³/mol. The smallest absolute Gasteiger partial charge is 0.246 e. The van der Waals surface area contributed by atoms with Crippen LogP contribution in [0.1, 0.15) is 40.2 Å². The number of hydrogen-bond acceptors (Lipinski definition) is 5. The molecule has 0 aromatic carbocycles. The van der Waals surface area contributed by atoms with Gasteiger partial charge >= 0.3 is 0 Å². The molecule has 2 rings (SSSR count). The first-order valence-corrected chi connectivity index (χ1v) is 10.3. The van der Waals surface area contributed by atoms with Gasteiger partial charge in [-0.15, -0.1) is 0 Å². The molecule has 1 aromatic rings. The van der Waals surface area contributed by atoms with Gasteiger partial charge in [0.25, 0.3) is 0 Å². The molecule has 1 fully saturated rings. The van der Waals surface area contributed by atoms with Gasteiger partial charge in [-0.1, -0.05) is 0 Å². The largest absolute Gasteiger partial charge is 0.269 e. The first-order valence-electron chi connectivity index (χ1n) is 7.24. The predicted octanol–water partition coefficient (Wildman–Crippen LogP) is 1.05. The monoisotopic (exact) mass is 349 g/mol. The van der Waals surface area contributed by atoms with E-state index in [9.17, 15) is 16.8 Å². The Labute approximate surface area is 132 Å². The van der Waals surface area contributed by atoms with Gasteiger partial charge in [-0.05, 0) is 34.1 Å². The first kappa shape index (κ1) is 17.4. The van der Waals surface area contributed by atoms with Crippen molar-refractivity contribution < 1.29 is 16.8 Å². The Morgan fingerprint density at radius 2 is 1.91 bits per heavy atom. The molecular formula is C13H23N3O4S2. The van der Waals surface area contributed by atoms with Gasteiger partial charge in [0.2, 0.25) is 10.0 Å². The molecule has 0 aliphatic carbocycles. The quantitative estimate of drug-likeness (QED) is 0.814. The summed E-state index contributed by atoms with van der Waals surface area (Å²) in [6.07, 6.45) is 3.09. The summed E-state index contributed by atoms with van der Waals surface area (Å²) in [5.41, 5.74) is 0. The van der Waals surface area contributed by atoms with E-state index in [0.717, 1.165) is 0 Å². The maximum atomic E-state index is 12.7. The van der Waals surface area contributed by atoms with Gasteiger partial charge in [0.05, 0.1) is 16.7 Å². The van der Waals surface area contributed by atoms with Crippen molar-refractivity contribution in [2.75, 3.05) is 18.8 Å². The Morgan fingerprint density at radius 3 is 2.45 bits per heavy atom. The lowest BCUT2D eigenvalue weighted by atomic mass is 10.1. The highest BCUT2D eigenvalue weighted by Gasteiger charge is 2.40. The van der Waals surface area contributed by atoms with Crippen LogP contribution in [0.25, 0.3) is 0 Å². The fourth-order valence-corrected chi connectivity index (χ4v) is 5.20. The Balaban J connectivity index is 2.30. The minimum atomic E-state index is -3.71. The lowest BCUT2D eigenvalue weighted by Gasteiger charge is -2.22. The van der Waals surface area contributed by atoms with E-state index in [4.69, 9.17) is 0 Å². The summed E-state index contributed by atoms with van der Waals surface area (Å²) in [5.74, 6) is -0.155. The molecule has 1 aliphatic heterocycles. The van der Waals surface area contributed by atoms with E-state index in [1.807, 2.05) is 13.8 Å². The number of rotatable bonds is 3. The second-order valence-corrected chi connectivity index (χ2v) is 11.2. The van der Waals surface area contributed by atoms with Crippen LogP contribution < -0.4 is 0 Å². The molecule has 22 heavy (non-hydrogen) atoms. The van der Waals surface area contributed by atoms with E-state index < -0.39 is 24.6 Å². The number of nitrogens with zero attached hydrogens (tertiary/aromatic N) is 3. The van der Waals surface area contributed by atoms with Gasteiger partial charge in [0.15, 0.2) is 9.84 Å². The second-order valence-electron chi connectivity index (χ2n) is 6.48. The van der Waals surface area contributed by atoms with E-state index in [0.29, 0.717) is 0 Å². The van der Waals surface area contributed by atoms with Crippen molar-refractivity contribution in [1.82, 2.24) is 14.1 Å². The van der Waals surface area contributed by atoms with Crippen LogP contribution in [0.2, 0.25) is 0 Å². The van der Waals surface area contributed by atoms with Crippen molar-refractivity contribution in [3.63, 3.8) is 0 Å². The average Bonchev–Trinajstić information content (AvgIpc) is 2.84. The van der Waals surface area contributed by atoms with E-state index in [-0.39, 0.29) is 36.2 Å². The lowest BCUT2D eigenvalue weighted by Crippen LogP contribution is -2.33. The molecule has 1 saturated heterocycles. The highest BCUT2D eigenvalue weighted by Crippen LogP contribution is 2.28. The maximum absolute atomic E-state index is 12.7. The van der Waals surface area contributed by atoms with Crippen molar-refractivity contribution in [2.24, 2.45) is 0 Å². The molecule has 1 aromatic heterocycles. The molecule has 0 radical (unpaired) electrons. The van der Waals surface area contributed by atoms with Crippen LogP contribution in [0, 0.1) is 0 Å². The van der Waals surface area contributed by atoms with Gasteiger partial charge in [0.1, 0.15) is 4.90 Å². The molecule has 0 bridgehead atoms. The van der Waals surface area contributed by atoms with Gasteiger partial charge in [-0.3, -0.25) is 4.68 Å². The summed E-state index contributed by atoms with van der Waals surface area (Å²) in [6.45, 7) is 7.29. The molecule has 0 atom stereocenters. The zero-order valence-corrected chi connectivity index (χ0v) is 15.0. The van der Waals surface area contributed by atoms with Gasteiger partial charge < -0.3 is 0 Å². The number of sulfonamides is 1. The van der Waals surface area contributed by atoms with Crippen LogP contribution in [0.4, 0.5) is 0 Å². The molecule has 0 saturated carbocycles. The van der Waals surface area contributed by atoms with Gasteiger partial charge in [-0.2, -0.15) is 9.40 Å². The minimum Gasteiger partial charge on any atom is -0.269 e. The SMILES string of the molecule is CC(C)n1cc(S(=O)(=O)N2CCC(C)(C)S(=O)(=O)CC2)cn1. The second kappa shape index (κ2) is 5.61. The highest BCUT2D eigenvalue weighted by molar-refractivity contribution is 7.93. The standard InChI is InChI=1S/C13H23N3O4S2/c1-11(2)16-10-12(9-14-16)22(19,20)15-6-5-13(3,4)21(17,18)8-7-15/h9-11H,5-8H2,1-4H3. The first-order chi connectivity index (χ1) is 9.97. The molecular weight excluding hydrogens is 326 g/mol. The van der Waals surface area contributed by atoms with Crippen molar-refractivity contribution in [1.29, 1.82) is 0 Å². The fraction of sp³-hybridized carbons (Fsp3) is 0.769. The Morgan fingerprint density at radius 1 is 1.27 bits per heavy atom. The van der Waals surface area contributed by atoms with Crippen LogP contribution in [-0.4, -0.2) is 54.5 Å². The molecule has 0 N–H and O–H groups in total. The van der Waals surface area contributed by atoms with Gasteiger partial charge in [-0.25, -0.2) is 16.8 Å². The number of aromatic nitrogens is 2. The van der Waals surface area contributed by atoms with Crippen LogP contribution in [0.3, 0.4) is 0 Å². The zero-order chi connectivity index (χ0) is 16.8. The Hall–Kier alpha value is -0.930. The van der Waals surface area contributed by atoms with Crippen molar-refractivity contribution in [3.05, 3.63) is 12.4 Å². The van der Waals surface area contributed by atoms with E-state index >= 15 is 0 Å². The highest BCUT2D eigenvalue weighted by atomic mass is 32.2. The molecule has 2 heterocycles. The van der Waals surface area contributed by atoms with Crippen LogP contribution in [-0.2, 0) is 19.9 Å². The molecule has 9 heteroatoms. The third kappa shape index (κ3) is 3.07. The summed E-state index contributed by atoms with van der Waals surface area (Å²) >= 11 is 0. The lowest BCUT2D eigenvalue weighted by molar-refractivity contribution is 0.414. The summed E-state index contributed by atoms with van der Waals surface area (Å²) in [4.78, 5) is 0.110. The van der Waals surface area contributed by atoms with Crippen molar-refractivity contribution in [2.45, 2.75) is 49.8 Å². The zero-order valence-electron chi connectivity index (χ0n) is 13.4. The molecule has 126 valence electrons. The van der Waals surface area contributed by atoms with E-state index in [1.165, 1.54) is 16.7 Å². The molecule has 0 unspecified atom stereocenters. The van der Waals surface area contributed by atoms with E-state index in [1.54, 1.807) is 18.5 Å². The summed E-state index contributed by atoms with van der Waals surface area (Å²) in [5, 5.41) is 4.05. The topological polar surface area (TPSA) is 89.3 Å². The molecule has 0 amide bonds. The normalized spacial score (nSPS) is 22.6. The van der Waals surface area contributed by atoms with E-state index in [2.05, 4.69) is 5.10 Å². The third-order valence-corrected chi connectivity index (χ3v) is 8.62. The van der Waals surface area contributed by atoms with Crippen LogP contribution in [0.5, 0.6) is 0 Å². The Kier molecular flexibility index (Phi) is 4.44. The van der Waals surface area contributed by atoms with Crippen LogP contribution in [0.15, 0.2) is 17.3 Å². The minimum absolute atomic E-state index is 0.0129. The Bertz CT molecular complexity index is 748. The molecule has 7 nitrogen and oxygen atoms in total. The number of hydrogen-bond donors (Lipinski definition) is 0. The fourth-order valence-electron chi connectivity index (χ4n) is 2.29. The average molecular weight is 349 g/mol. The van der Waals surface area contributed by atoms with Crippen LogP contribution >= 0.6 is 0 Å². The third-order valence-electron chi connectivity index (χ3n) is 4.16. The molecule has 0 spiro atoms. The molecule has 1 aliphatic rings. The summed E-state index contributed by atoms with van der Waals surface area (Å²) < 4.78 is 51.6. The maximum Gasteiger partial charge on any atom is 0.246 e. The van der Waals surface area contributed by atoms with Gasteiger partial charge in [0, 0.05) is 25.3 Å². The van der Waals surface area contributed by atoms with Crippen molar-refractivity contribution in [3.8, 4) is 0 Å².